The Morgan fingerprint density at radius 2 is 1.59 bits per heavy atom. The Balaban J connectivity index is 1.72. The van der Waals surface area contributed by atoms with E-state index in [4.69, 9.17) is 11.6 Å². The van der Waals surface area contributed by atoms with Crippen LogP contribution in [-0.4, -0.2) is 26.9 Å². The summed E-state index contributed by atoms with van der Waals surface area (Å²) in [5, 5.41) is 0.811. The van der Waals surface area contributed by atoms with E-state index in [0.717, 1.165) is 0 Å². The summed E-state index contributed by atoms with van der Waals surface area (Å²) >= 11 is 6.08. The van der Waals surface area contributed by atoms with E-state index >= 15 is 0 Å². The van der Waals surface area contributed by atoms with Gasteiger partial charge in [-0.2, -0.15) is 26.3 Å². The number of pyridine rings is 2. The maximum absolute atomic E-state index is 14.2. The zero-order valence-corrected chi connectivity index (χ0v) is 22.2. The Hall–Kier alpha value is -3.86. The molecule has 41 heavy (non-hydrogen) atoms. The summed E-state index contributed by atoms with van der Waals surface area (Å²) in [4.78, 5) is 33.2. The molecule has 1 unspecified atom stereocenters. The Bertz CT molecular complexity index is 1660. The molecule has 0 aliphatic carbocycles. The summed E-state index contributed by atoms with van der Waals surface area (Å²) in [6.45, 7) is 1.48. The second-order valence-corrected chi connectivity index (χ2v) is 10.5. The molecule has 5 nitrogen and oxygen atoms in total. The molecule has 2 aromatic carbocycles. The van der Waals surface area contributed by atoms with Crippen LogP contribution in [0.4, 0.5) is 26.3 Å². The standard InChI is InChI=1S/C29H22ClF6N3O2/c1-16-8-10-39-25(23(18-4-6-21(30)7-5-18)22-3-2-9-37-24(22)26(39)40)27(41)38(14-16)15-17-11-19(28(31,32)33)13-20(12-17)29(34,35)36/h2-7,9,11-13,16H,8,10,14-15H2,1H3. The second-order valence-electron chi connectivity index (χ2n) is 10.1. The second kappa shape index (κ2) is 10.5. The largest absolute Gasteiger partial charge is 0.416 e. The van der Waals surface area contributed by atoms with Gasteiger partial charge in [0.05, 0.1) is 11.1 Å². The van der Waals surface area contributed by atoms with Crippen LogP contribution in [0.5, 0.6) is 0 Å². The highest BCUT2D eigenvalue weighted by Crippen LogP contribution is 2.38. The smallest absolute Gasteiger partial charge is 0.333 e. The van der Waals surface area contributed by atoms with Crippen molar-refractivity contribution in [2.75, 3.05) is 6.54 Å². The van der Waals surface area contributed by atoms with Gasteiger partial charge in [-0.05, 0) is 59.9 Å². The Kier molecular flexibility index (Phi) is 7.35. The molecule has 3 heterocycles. The summed E-state index contributed by atoms with van der Waals surface area (Å²) in [7, 11) is 0. The summed E-state index contributed by atoms with van der Waals surface area (Å²) in [6, 6.07) is 11.1. The van der Waals surface area contributed by atoms with Crippen molar-refractivity contribution in [2.24, 2.45) is 5.92 Å². The van der Waals surface area contributed by atoms with Gasteiger partial charge in [0, 0.05) is 41.8 Å². The molecule has 0 N–H and O–H groups in total. The summed E-state index contributed by atoms with van der Waals surface area (Å²) in [5.74, 6) is -0.916. The van der Waals surface area contributed by atoms with Gasteiger partial charge in [0.15, 0.2) is 0 Å². The first-order valence-corrected chi connectivity index (χ1v) is 13.0. The SMILES string of the molecule is CC1CCn2c(c(-c3ccc(Cl)cc3)c3cccnc3c2=O)C(=O)N(Cc2cc(C(F)(F)F)cc(C(F)(F)F)c2)C1. The fourth-order valence-electron chi connectivity index (χ4n) is 5.13. The molecule has 12 heteroatoms. The molecule has 0 spiro atoms. The van der Waals surface area contributed by atoms with Crippen molar-refractivity contribution in [1.82, 2.24) is 14.5 Å². The lowest BCUT2D eigenvalue weighted by Gasteiger charge is -2.32. The topological polar surface area (TPSA) is 55.2 Å². The number of rotatable bonds is 3. The molecular weight excluding hydrogens is 572 g/mol. The molecule has 4 aromatic rings. The number of carbonyl (C=O) groups excluding carboxylic acids is 1. The number of aromatic nitrogens is 2. The lowest BCUT2D eigenvalue weighted by atomic mass is 9.95. The first kappa shape index (κ1) is 28.7. The number of carbonyl (C=O) groups is 1. The van der Waals surface area contributed by atoms with Gasteiger partial charge in [-0.25, -0.2) is 0 Å². The fourth-order valence-corrected chi connectivity index (χ4v) is 5.26. The number of benzene rings is 2. The quantitative estimate of drug-likeness (QED) is 0.232. The summed E-state index contributed by atoms with van der Waals surface area (Å²) in [6.07, 6.45) is -8.19. The maximum atomic E-state index is 14.2. The molecule has 0 saturated carbocycles. The van der Waals surface area contributed by atoms with E-state index in [1.165, 1.54) is 15.7 Å². The van der Waals surface area contributed by atoms with Crippen molar-refractivity contribution in [3.05, 3.63) is 98.6 Å². The highest BCUT2D eigenvalue weighted by molar-refractivity contribution is 6.30. The first-order chi connectivity index (χ1) is 19.2. The molecule has 1 aliphatic heterocycles. The van der Waals surface area contributed by atoms with Crippen LogP contribution in [0.15, 0.2) is 65.6 Å². The van der Waals surface area contributed by atoms with Crippen molar-refractivity contribution in [3.8, 4) is 11.1 Å². The predicted octanol–water partition coefficient (Wildman–Crippen LogP) is 7.44. The zero-order valence-electron chi connectivity index (χ0n) is 21.5. The molecule has 214 valence electrons. The highest BCUT2D eigenvalue weighted by atomic mass is 35.5. The summed E-state index contributed by atoms with van der Waals surface area (Å²) < 4.78 is 82.5. The first-order valence-electron chi connectivity index (χ1n) is 12.6. The van der Waals surface area contributed by atoms with Gasteiger partial charge in [-0.1, -0.05) is 36.7 Å². The van der Waals surface area contributed by atoms with Crippen molar-refractivity contribution in [2.45, 2.75) is 38.8 Å². The van der Waals surface area contributed by atoms with Gasteiger partial charge in [0.2, 0.25) is 0 Å². The third kappa shape index (κ3) is 5.68. The van der Waals surface area contributed by atoms with Crippen molar-refractivity contribution >= 4 is 28.4 Å². The van der Waals surface area contributed by atoms with Gasteiger partial charge in [-0.3, -0.25) is 14.6 Å². The minimum absolute atomic E-state index is 0.0206. The van der Waals surface area contributed by atoms with Gasteiger partial charge < -0.3 is 9.47 Å². The fraction of sp³-hybridized carbons (Fsp3) is 0.276. The van der Waals surface area contributed by atoms with Crippen molar-refractivity contribution in [1.29, 1.82) is 0 Å². The summed E-state index contributed by atoms with van der Waals surface area (Å²) in [5.41, 5.74) is -2.78. The van der Waals surface area contributed by atoms with E-state index in [9.17, 15) is 35.9 Å². The van der Waals surface area contributed by atoms with E-state index in [-0.39, 0.29) is 41.8 Å². The average Bonchev–Trinajstić information content (AvgIpc) is 2.90. The third-order valence-corrected chi connectivity index (χ3v) is 7.30. The van der Waals surface area contributed by atoms with Crippen LogP contribution >= 0.6 is 11.6 Å². The molecule has 0 fully saturated rings. The number of nitrogens with zero attached hydrogens (tertiary/aromatic N) is 3. The minimum atomic E-state index is -5.03. The van der Waals surface area contributed by atoms with Crippen LogP contribution in [0.25, 0.3) is 22.0 Å². The number of amides is 1. The van der Waals surface area contributed by atoms with E-state index in [1.54, 1.807) is 43.3 Å². The average molecular weight is 594 g/mol. The lowest BCUT2D eigenvalue weighted by molar-refractivity contribution is -0.143. The Morgan fingerprint density at radius 3 is 2.20 bits per heavy atom. The van der Waals surface area contributed by atoms with Crippen LogP contribution in [0.1, 0.15) is 40.5 Å². The number of hydrogen-bond acceptors (Lipinski definition) is 3. The molecule has 1 aliphatic rings. The Labute approximate surface area is 235 Å². The highest BCUT2D eigenvalue weighted by Gasteiger charge is 2.38. The van der Waals surface area contributed by atoms with Gasteiger partial charge in [0.25, 0.3) is 11.5 Å². The maximum Gasteiger partial charge on any atom is 0.416 e. The minimum Gasteiger partial charge on any atom is -0.333 e. The van der Waals surface area contributed by atoms with Crippen LogP contribution < -0.4 is 5.56 Å². The van der Waals surface area contributed by atoms with Crippen LogP contribution in [-0.2, 0) is 25.4 Å². The lowest BCUT2D eigenvalue weighted by Crippen LogP contribution is -2.41. The zero-order chi connectivity index (χ0) is 29.7. The number of fused-ring (bicyclic) bond motifs is 2. The van der Waals surface area contributed by atoms with Crippen LogP contribution in [0.2, 0.25) is 5.02 Å². The molecule has 1 atom stereocenters. The number of halogens is 7. The van der Waals surface area contributed by atoms with Gasteiger partial charge >= 0.3 is 12.4 Å². The molecule has 0 bridgehead atoms. The molecule has 1 amide bonds. The third-order valence-electron chi connectivity index (χ3n) is 7.05. The van der Waals surface area contributed by atoms with Crippen LogP contribution in [0.3, 0.4) is 0 Å². The van der Waals surface area contributed by atoms with Gasteiger partial charge in [0.1, 0.15) is 11.2 Å². The van der Waals surface area contributed by atoms with E-state index < -0.39 is 41.5 Å². The van der Waals surface area contributed by atoms with E-state index in [0.29, 0.717) is 40.1 Å². The molecule has 2 aromatic heterocycles. The van der Waals surface area contributed by atoms with Crippen molar-refractivity contribution in [3.63, 3.8) is 0 Å². The number of hydrogen-bond donors (Lipinski definition) is 0. The van der Waals surface area contributed by atoms with E-state index in [2.05, 4.69) is 4.98 Å². The Morgan fingerprint density at radius 1 is 0.951 bits per heavy atom. The van der Waals surface area contributed by atoms with Crippen molar-refractivity contribution < 1.29 is 31.1 Å². The van der Waals surface area contributed by atoms with Gasteiger partial charge in [-0.15, -0.1) is 0 Å². The normalized spacial score (nSPS) is 16.4. The monoisotopic (exact) mass is 593 g/mol. The molecule has 0 saturated heterocycles. The number of alkyl halides is 6. The molecule has 0 radical (unpaired) electrons. The van der Waals surface area contributed by atoms with E-state index in [1.807, 2.05) is 0 Å². The van der Waals surface area contributed by atoms with Crippen LogP contribution in [0, 0.1) is 5.92 Å². The predicted molar refractivity (Wildman–Crippen MR) is 141 cm³/mol. The molecular formula is C29H22ClF6N3O2. The molecule has 5 rings (SSSR count).